The maximum atomic E-state index is 12.2. The lowest BCUT2D eigenvalue weighted by molar-refractivity contribution is -0.117. The molecule has 5 nitrogen and oxygen atoms in total. The van der Waals surface area contributed by atoms with Gasteiger partial charge in [-0.15, -0.1) is 0 Å². The third-order valence-corrected chi connectivity index (χ3v) is 3.81. The summed E-state index contributed by atoms with van der Waals surface area (Å²) in [5.74, 6) is -1.15. The zero-order valence-corrected chi connectivity index (χ0v) is 14.9. The molecule has 9 heteroatoms. The van der Waals surface area contributed by atoms with Crippen LogP contribution < -0.4 is 15.4 Å². The van der Waals surface area contributed by atoms with E-state index in [2.05, 4.69) is 15.4 Å². The number of amides is 2. The van der Waals surface area contributed by atoms with Gasteiger partial charge in [0.2, 0.25) is 5.91 Å². The van der Waals surface area contributed by atoms with Gasteiger partial charge in [0.25, 0.3) is 5.91 Å². The summed E-state index contributed by atoms with van der Waals surface area (Å²) in [6.07, 6.45) is 0. The third-order valence-electron chi connectivity index (χ3n) is 3.26. The van der Waals surface area contributed by atoms with Crippen molar-refractivity contribution in [2.75, 3.05) is 5.32 Å². The van der Waals surface area contributed by atoms with E-state index in [0.717, 1.165) is 0 Å². The van der Waals surface area contributed by atoms with E-state index in [0.29, 0.717) is 10.6 Å². The van der Waals surface area contributed by atoms with Crippen molar-refractivity contribution >= 4 is 40.7 Å². The zero-order valence-electron chi connectivity index (χ0n) is 13.4. The van der Waals surface area contributed by atoms with Gasteiger partial charge in [0, 0.05) is 16.3 Å². The third kappa shape index (κ3) is 5.57. The fourth-order valence-corrected chi connectivity index (χ4v) is 2.32. The molecule has 0 aliphatic carbocycles. The maximum Gasteiger partial charge on any atom is 0.387 e. The van der Waals surface area contributed by atoms with Crippen LogP contribution in [0.2, 0.25) is 10.0 Å². The number of carbonyl (C=O) groups is 2. The van der Waals surface area contributed by atoms with Crippen LogP contribution in [0.4, 0.5) is 14.5 Å². The Bertz CT molecular complexity index is 801. The molecule has 138 valence electrons. The predicted octanol–water partition coefficient (Wildman–Crippen LogP) is 4.35. The number of halogens is 4. The maximum absolute atomic E-state index is 12.2. The summed E-state index contributed by atoms with van der Waals surface area (Å²) in [5.41, 5.74) is 0.625. The fraction of sp³-hybridized carbons (Fsp3) is 0.176. The number of carbonyl (C=O) groups excluding carboxylic acids is 2. The van der Waals surface area contributed by atoms with Crippen molar-refractivity contribution in [2.24, 2.45) is 0 Å². The Morgan fingerprint density at radius 2 is 1.73 bits per heavy atom. The average Bonchev–Trinajstić information content (AvgIpc) is 2.57. The summed E-state index contributed by atoms with van der Waals surface area (Å²) >= 11 is 11.6. The van der Waals surface area contributed by atoms with Gasteiger partial charge < -0.3 is 15.4 Å². The van der Waals surface area contributed by atoms with Gasteiger partial charge in [-0.3, -0.25) is 9.59 Å². The normalized spacial score (nSPS) is 11.8. The zero-order chi connectivity index (χ0) is 19.3. The second-order valence-corrected chi connectivity index (χ2v) is 6.06. The summed E-state index contributed by atoms with van der Waals surface area (Å²) in [6, 6.07) is 9.17. The highest BCUT2D eigenvalue weighted by molar-refractivity contribution is 6.32. The molecule has 0 spiro atoms. The van der Waals surface area contributed by atoms with Gasteiger partial charge in [-0.1, -0.05) is 23.2 Å². The molecule has 0 aliphatic heterocycles. The molecular weight excluding hydrogens is 389 g/mol. The van der Waals surface area contributed by atoms with Crippen molar-refractivity contribution in [1.29, 1.82) is 0 Å². The van der Waals surface area contributed by atoms with Gasteiger partial charge in [0.1, 0.15) is 11.8 Å². The molecule has 0 saturated carbocycles. The van der Waals surface area contributed by atoms with Crippen LogP contribution >= 0.6 is 23.2 Å². The Balaban J connectivity index is 1.97. The van der Waals surface area contributed by atoms with Crippen LogP contribution in [0.25, 0.3) is 0 Å². The molecule has 0 heterocycles. The number of alkyl halides is 2. The number of hydrogen-bond donors (Lipinski definition) is 2. The summed E-state index contributed by atoms with van der Waals surface area (Å²) < 4.78 is 28.6. The first kappa shape index (κ1) is 19.9. The summed E-state index contributed by atoms with van der Waals surface area (Å²) in [5, 5.41) is 5.47. The smallest absolute Gasteiger partial charge is 0.387 e. The molecule has 0 radical (unpaired) electrons. The quantitative estimate of drug-likeness (QED) is 0.754. The molecule has 0 saturated heterocycles. The highest BCUT2D eigenvalue weighted by Crippen LogP contribution is 2.29. The van der Waals surface area contributed by atoms with E-state index in [1.807, 2.05) is 0 Å². The summed E-state index contributed by atoms with van der Waals surface area (Å²) in [6.45, 7) is -1.50. The number of anilines is 1. The highest BCUT2D eigenvalue weighted by Gasteiger charge is 2.17. The van der Waals surface area contributed by atoms with E-state index in [4.69, 9.17) is 23.2 Å². The first-order chi connectivity index (χ1) is 12.3. The van der Waals surface area contributed by atoms with Crippen molar-refractivity contribution in [1.82, 2.24) is 5.32 Å². The molecular formula is C17H14Cl2F2N2O3. The SMILES string of the molecule is CC(NC(=O)c1ccc(Cl)cc1)C(=O)Nc1ccc(OC(F)F)c(Cl)c1. The molecule has 2 aromatic rings. The molecule has 26 heavy (non-hydrogen) atoms. The lowest BCUT2D eigenvalue weighted by Crippen LogP contribution is -2.41. The fourth-order valence-electron chi connectivity index (χ4n) is 1.97. The van der Waals surface area contributed by atoms with Crippen LogP contribution in [0.3, 0.4) is 0 Å². The molecule has 1 unspecified atom stereocenters. The molecule has 0 bridgehead atoms. The van der Waals surface area contributed by atoms with E-state index in [1.165, 1.54) is 37.3 Å². The van der Waals surface area contributed by atoms with E-state index in [1.54, 1.807) is 12.1 Å². The van der Waals surface area contributed by atoms with Crippen LogP contribution in [0, 0.1) is 0 Å². The number of hydrogen-bond acceptors (Lipinski definition) is 3. The lowest BCUT2D eigenvalue weighted by Gasteiger charge is -2.15. The Morgan fingerprint density at radius 1 is 1.08 bits per heavy atom. The van der Waals surface area contributed by atoms with Gasteiger partial charge >= 0.3 is 6.61 Å². The topological polar surface area (TPSA) is 67.4 Å². The number of nitrogens with one attached hydrogen (secondary N) is 2. The number of rotatable bonds is 6. The number of ether oxygens (including phenoxy) is 1. The van der Waals surface area contributed by atoms with Gasteiger partial charge in [0.05, 0.1) is 5.02 Å². The molecule has 2 aromatic carbocycles. The molecule has 0 aromatic heterocycles. The minimum absolute atomic E-state index is 0.0825. The molecule has 2 rings (SSSR count). The first-order valence-electron chi connectivity index (χ1n) is 7.38. The van der Waals surface area contributed by atoms with Crippen LogP contribution in [0.5, 0.6) is 5.75 Å². The second kappa shape index (κ2) is 8.82. The van der Waals surface area contributed by atoms with Crippen LogP contribution in [0.1, 0.15) is 17.3 Å². The van der Waals surface area contributed by atoms with Gasteiger partial charge in [-0.2, -0.15) is 8.78 Å². The Kier molecular flexibility index (Phi) is 6.76. The predicted molar refractivity (Wildman–Crippen MR) is 95.1 cm³/mol. The Labute approximate surface area is 158 Å². The van der Waals surface area contributed by atoms with Crippen LogP contribution in [0.15, 0.2) is 42.5 Å². The minimum Gasteiger partial charge on any atom is -0.433 e. The van der Waals surface area contributed by atoms with Crippen LogP contribution in [-0.4, -0.2) is 24.5 Å². The van der Waals surface area contributed by atoms with Gasteiger partial charge in [-0.05, 0) is 49.4 Å². The van der Waals surface area contributed by atoms with E-state index in [9.17, 15) is 18.4 Å². The largest absolute Gasteiger partial charge is 0.433 e. The van der Waals surface area contributed by atoms with E-state index >= 15 is 0 Å². The highest BCUT2D eigenvalue weighted by atomic mass is 35.5. The van der Waals surface area contributed by atoms with Crippen LogP contribution in [-0.2, 0) is 4.79 Å². The summed E-state index contributed by atoms with van der Waals surface area (Å²) in [7, 11) is 0. The monoisotopic (exact) mass is 402 g/mol. The first-order valence-corrected chi connectivity index (χ1v) is 8.13. The Hall–Kier alpha value is -2.38. The second-order valence-electron chi connectivity index (χ2n) is 5.21. The minimum atomic E-state index is -3.00. The lowest BCUT2D eigenvalue weighted by atomic mass is 10.2. The molecule has 0 aliphatic rings. The van der Waals surface area contributed by atoms with Crippen molar-refractivity contribution in [3.8, 4) is 5.75 Å². The van der Waals surface area contributed by atoms with Crippen molar-refractivity contribution < 1.29 is 23.1 Å². The van der Waals surface area contributed by atoms with Crippen molar-refractivity contribution in [3.63, 3.8) is 0 Å². The average molecular weight is 403 g/mol. The Morgan fingerprint density at radius 3 is 2.31 bits per heavy atom. The molecule has 2 amide bonds. The molecule has 2 N–H and O–H groups in total. The molecule has 0 fully saturated rings. The van der Waals surface area contributed by atoms with Crippen molar-refractivity contribution in [2.45, 2.75) is 19.6 Å². The standard InChI is InChI=1S/C17H14Cl2F2N2O3/c1-9(22-16(25)10-2-4-11(18)5-3-10)15(24)23-12-6-7-14(13(19)8-12)26-17(20)21/h2-9,17H,1H3,(H,22,25)(H,23,24). The summed E-state index contributed by atoms with van der Waals surface area (Å²) in [4.78, 5) is 24.2. The van der Waals surface area contributed by atoms with Gasteiger partial charge in [0.15, 0.2) is 0 Å². The van der Waals surface area contributed by atoms with Crippen molar-refractivity contribution in [3.05, 3.63) is 58.1 Å². The van der Waals surface area contributed by atoms with Gasteiger partial charge in [-0.25, -0.2) is 0 Å². The van der Waals surface area contributed by atoms with E-state index < -0.39 is 24.5 Å². The molecule has 1 atom stereocenters. The van der Waals surface area contributed by atoms with E-state index in [-0.39, 0.29) is 16.5 Å². The number of benzene rings is 2.